The number of unbranched alkanes of at least 4 members (excludes halogenated alkanes) is 1. The summed E-state index contributed by atoms with van der Waals surface area (Å²) in [6.45, 7) is 3.37. The van der Waals surface area contributed by atoms with Crippen molar-refractivity contribution < 1.29 is 0 Å². The van der Waals surface area contributed by atoms with E-state index < -0.39 is 0 Å². The molecule has 0 saturated heterocycles. The van der Waals surface area contributed by atoms with Crippen LogP contribution in [0.15, 0.2) is 0 Å². The molecule has 0 bridgehead atoms. The molecule has 1 rings (SSSR count). The summed E-state index contributed by atoms with van der Waals surface area (Å²) in [6, 6.07) is 0.594. The van der Waals surface area contributed by atoms with Crippen molar-refractivity contribution in [3.63, 3.8) is 0 Å². The van der Waals surface area contributed by atoms with E-state index in [1.54, 1.807) is 0 Å². The zero-order chi connectivity index (χ0) is 14.1. The lowest BCUT2D eigenvalue weighted by Crippen LogP contribution is -2.60. The summed E-state index contributed by atoms with van der Waals surface area (Å²) in [6.07, 6.45) is 16.7. The first-order chi connectivity index (χ1) is 9.17. The van der Waals surface area contributed by atoms with Crippen LogP contribution in [0.3, 0.4) is 0 Å². The number of terminal acetylenes is 1. The molecule has 0 aliphatic heterocycles. The number of likely N-dealkylation sites (N-methyl/N-ethyl adjacent to an activating group) is 1. The van der Waals surface area contributed by atoms with Gasteiger partial charge in [0.05, 0.1) is 0 Å². The summed E-state index contributed by atoms with van der Waals surface area (Å²) in [7, 11) is 4.51. The van der Waals surface area contributed by atoms with Gasteiger partial charge >= 0.3 is 0 Å². The normalized spacial score (nSPS) is 20.2. The van der Waals surface area contributed by atoms with E-state index >= 15 is 0 Å². The summed E-state index contributed by atoms with van der Waals surface area (Å²) in [5, 5.41) is 3.81. The smallest absolute Gasteiger partial charge is 0.0356 e. The van der Waals surface area contributed by atoms with E-state index in [4.69, 9.17) is 6.42 Å². The van der Waals surface area contributed by atoms with Crippen LogP contribution in [0.1, 0.15) is 64.7 Å². The first-order valence-electron chi connectivity index (χ1n) is 8.01. The highest BCUT2D eigenvalue weighted by Crippen LogP contribution is 2.36. The molecule has 0 aromatic rings. The SMILES string of the molecule is C#CCCCC(NCCC)C1(N(C)C)CCCCC1. The molecule has 1 fully saturated rings. The zero-order valence-corrected chi connectivity index (χ0v) is 13.2. The Hall–Kier alpha value is -0.520. The van der Waals surface area contributed by atoms with Gasteiger partial charge in [0.25, 0.3) is 0 Å². The molecule has 0 heterocycles. The van der Waals surface area contributed by atoms with Gasteiger partial charge in [0.15, 0.2) is 0 Å². The Labute approximate surface area is 120 Å². The standard InChI is InChI=1S/C17H32N2/c1-5-7-9-12-16(18-15-6-2)17(19(3)4)13-10-8-11-14-17/h1,16,18H,6-15H2,2-4H3. The summed E-state index contributed by atoms with van der Waals surface area (Å²) in [5.74, 6) is 2.78. The van der Waals surface area contributed by atoms with Gasteiger partial charge in [-0.1, -0.05) is 26.2 Å². The number of hydrogen-bond acceptors (Lipinski definition) is 2. The Balaban J connectivity index is 2.74. The predicted octanol–water partition coefficient (Wildman–Crippen LogP) is 3.42. The fourth-order valence-electron chi connectivity index (χ4n) is 3.56. The largest absolute Gasteiger partial charge is 0.312 e. The quantitative estimate of drug-likeness (QED) is 0.534. The van der Waals surface area contributed by atoms with Crippen molar-refractivity contribution in [3.8, 4) is 12.3 Å². The van der Waals surface area contributed by atoms with Crippen molar-refractivity contribution in [2.75, 3.05) is 20.6 Å². The van der Waals surface area contributed by atoms with Gasteiger partial charge in [0.1, 0.15) is 0 Å². The molecule has 2 heteroatoms. The van der Waals surface area contributed by atoms with Crippen molar-refractivity contribution >= 4 is 0 Å². The topological polar surface area (TPSA) is 15.3 Å². The van der Waals surface area contributed by atoms with Crippen molar-refractivity contribution in [1.29, 1.82) is 0 Å². The monoisotopic (exact) mass is 264 g/mol. The zero-order valence-electron chi connectivity index (χ0n) is 13.2. The molecule has 0 radical (unpaired) electrons. The van der Waals surface area contributed by atoms with E-state index in [0.717, 1.165) is 19.4 Å². The van der Waals surface area contributed by atoms with Crippen LogP contribution in [0.4, 0.5) is 0 Å². The Morgan fingerprint density at radius 3 is 2.47 bits per heavy atom. The van der Waals surface area contributed by atoms with Gasteiger partial charge < -0.3 is 10.2 Å². The van der Waals surface area contributed by atoms with Gasteiger partial charge in [0.2, 0.25) is 0 Å². The molecule has 19 heavy (non-hydrogen) atoms. The number of rotatable bonds is 8. The third-order valence-electron chi connectivity index (χ3n) is 4.71. The van der Waals surface area contributed by atoms with Crippen LogP contribution in [-0.4, -0.2) is 37.1 Å². The van der Waals surface area contributed by atoms with Gasteiger partial charge in [-0.2, -0.15) is 0 Å². The van der Waals surface area contributed by atoms with Crippen molar-refractivity contribution in [2.24, 2.45) is 0 Å². The van der Waals surface area contributed by atoms with E-state index in [0.29, 0.717) is 11.6 Å². The highest BCUT2D eigenvalue weighted by atomic mass is 15.2. The van der Waals surface area contributed by atoms with E-state index in [1.807, 2.05) is 0 Å². The van der Waals surface area contributed by atoms with Crippen LogP contribution >= 0.6 is 0 Å². The summed E-state index contributed by atoms with van der Waals surface area (Å²) in [4.78, 5) is 2.48. The highest BCUT2D eigenvalue weighted by Gasteiger charge is 2.40. The molecule has 0 aromatic heterocycles. The first-order valence-corrected chi connectivity index (χ1v) is 8.01. The number of nitrogens with one attached hydrogen (secondary N) is 1. The lowest BCUT2D eigenvalue weighted by Gasteiger charge is -2.49. The maximum Gasteiger partial charge on any atom is 0.0356 e. The maximum atomic E-state index is 5.41. The Morgan fingerprint density at radius 2 is 1.95 bits per heavy atom. The van der Waals surface area contributed by atoms with E-state index in [1.165, 1.54) is 44.9 Å². The molecule has 1 unspecified atom stereocenters. The minimum atomic E-state index is 0.349. The van der Waals surface area contributed by atoms with Crippen LogP contribution in [-0.2, 0) is 0 Å². The molecule has 0 aromatic carbocycles. The van der Waals surface area contributed by atoms with Crippen molar-refractivity contribution in [3.05, 3.63) is 0 Å². The molecule has 1 aliphatic carbocycles. The van der Waals surface area contributed by atoms with Gasteiger partial charge in [-0.3, -0.25) is 0 Å². The second-order valence-electron chi connectivity index (χ2n) is 6.16. The number of nitrogens with zero attached hydrogens (tertiary/aromatic N) is 1. The number of hydrogen-bond donors (Lipinski definition) is 1. The van der Waals surface area contributed by atoms with Gasteiger partial charge in [-0.05, 0) is 52.7 Å². The minimum Gasteiger partial charge on any atom is -0.312 e. The average molecular weight is 264 g/mol. The second kappa shape index (κ2) is 8.61. The third-order valence-corrected chi connectivity index (χ3v) is 4.71. The summed E-state index contributed by atoms with van der Waals surface area (Å²) < 4.78 is 0. The fourth-order valence-corrected chi connectivity index (χ4v) is 3.56. The lowest BCUT2D eigenvalue weighted by atomic mass is 9.73. The van der Waals surface area contributed by atoms with Crippen LogP contribution < -0.4 is 5.32 Å². The Morgan fingerprint density at radius 1 is 1.26 bits per heavy atom. The molecular formula is C17H32N2. The molecule has 0 spiro atoms. The highest BCUT2D eigenvalue weighted by molar-refractivity contribution is 5.01. The van der Waals surface area contributed by atoms with Crippen LogP contribution in [0, 0.1) is 12.3 Å². The van der Waals surface area contributed by atoms with E-state index in [9.17, 15) is 0 Å². The Kier molecular flexibility index (Phi) is 7.49. The fraction of sp³-hybridized carbons (Fsp3) is 0.882. The van der Waals surface area contributed by atoms with Crippen molar-refractivity contribution in [2.45, 2.75) is 76.3 Å². The van der Waals surface area contributed by atoms with Crippen LogP contribution in [0.5, 0.6) is 0 Å². The molecular weight excluding hydrogens is 232 g/mol. The molecule has 110 valence electrons. The minimum absolute atomic E-state index is 0.349. The lowest BCUT2D eigenvalue weighted by molar-refractivity contribution is 0.0528. The van der Waals surface area contributed by atoms with Crippen molar-refractivity contribution in [1.82, 2.24) is 10.2 Å². The molecule has 1 saturated carbocycles. The first kappa shape index (κ1) is 16.5. The van der Waals surface area contributed by atoms with E-state index in [-0.39, 0.29) is 0 Å². The summed E-state index contributed by atoms with van der Waals surface area (Å²) in [5.41, 5.74) is 0.349. The average Bonchev–Trinajstić information content (AvgIpc) is 2.43. The second-order valence-corrected chi connectivity index (χ2v) is 6.16. The van der Waals surface area contributed by atoms with Crippen LogP contribution in [0.25, 0.3) is 0 Å². The predicted molar refractivity (Wildman–Crippen MR) is 84.3 cm³/mol. The van der Waals surface area contributed by atoms with E-state index in [2.05, 4.69) is 37.2 Å². The molecule has 1 N–H and O–H groups in total. The van der Waals surface area contributed by atoms with Gasteiger partial charge in [-0.15, -0.1) is 12.3 Å². The molecule has 0 amide bonds. The molecule has 2 nitrogen and oxygen atoms in total. The van der Waals surface area contributed by atoms with Crippen LogP contribution in [0.2, 0.25) is 0 Å². The third kappa shape index (κ3) is 4.51. The Bertz CT molecular complexity index is 271. The maximum absolute atomic E-state index is 5.41. The summed E-state index contributed by atoms with van der Waals surface area (Å²) >= 11 is 0. The molecule has 1 atom stereocenters. The van der Waals surface area contributed by atoms with Gasteiger partial charge in [-0.25, -0.2) is 0 Å². The van der Waals surface area contributed by atoms with Gasteiger partial charge in [0, 0.05) is 18.0 Å². The molecule has 1 aliphatic rings.